The van der Waals surface area contributed by atoms with Gasteiger partial charge in [0, 0.05) is 29.1 Å². The number of ether oxygens (including phenoxy) is 4. The molecule has 1 saturated carbocycles. The first-order valence-electron chi connectivity index (χ1n) is 17.2. The molecular weight excluding hydrogens is 746 g/mol. The number of fused-ring (bicyclic) bond motifs is 3. The number of carboxylic acid groups (broad SMARTS) is 1. The monoisotopic (exact) mass is 779 g/mol. The molecule has 2 bridgehead atoms. The molecule has 7 atom stereocenters. The molecule has 0 radical (unpaired) electrons. The van der Waals surface area contributed by atoms with E-state index in [0.29, 0.717) is 34.0 Å². The predicted molar refractivity (Wildman–Crippen MR) is 177 cm³/mol. The molecule has 5 heterocycles. The van der Waals surface area contributed by atoms with Gasteiger partial charge in [-0.05, 0) is 62.8 Å². The van der Waals surface area contributed by atoms with Gasteiger partial charge in [0.2, 0.25) is 6.29 Å². The average molecular weight is 780 g/mol. The molecule has 4 fully saturated rings. The van der Waals surface area contributed by atoms with Gasteiger partial charge in [-0.25, -0.2) is 19.0 Å². The third-order valence-electron chi connectivity index (χ3n) is 10.2. The molecule has 3 aliphatic heterocycles. The molecule has 8 rings (SSSR count). The van der Waals surface area contributed by atoms with Crippen molar-refractivity contribution in [2.75, 3.05) is 4.90 Å². The van der Waals surface area contributed by atoms with Crippen molar-refractivity contribution in [1.82, 2.24) is 10.1 Å². The number of alkyl halides is 3. The van der Waals surface area contributed by atoms with Crippen molar-refractivity contribution in [2.45, 2.75) is 106 Å². The summed E-state index contributed by atoms with van der Waals surface area (Å²) in [7, 11) is 0. The number of thiazole rings is 1. The molecule has 2 aromatic carbocycles. The number of esters is 1. The number of para-hydroxylation sites is 1. The Kier molecular flexibility index (Phi) is 9.50. The summed E-state index contributed by atoms with van der Waals surface area (Å²) in [5.41, 5.74) is 0.704. The van der Waals surface area contributed by atoms with Crippen LogP contribution in [0.4, 0.5) is 22.7 Å². The SMILES string of the molecule is O=C(O[C@@H]1O[C@H](C(=O)O)[C@@H](O)[C@H](O)[C@H]1O)c1cc(F)c2nc(N3[C@H]4CC[C@H]3CC(OCc3c(-c5ccccc5OC(F)(F)F)noc3C3CC3)C4)sc2c1. The molecule has 3 saturated heterocycles. The normalized spacial score (nSPS) is 28.4. The van der Waals surface area contributed by atoms with Crippen LogP contribution in [-0.2, 0) is 25.6 Å². The number of benzene rings is 2. The average Bonchev–Trinajstić information content (AvgIpc) is 3.63. The smallest absolute Gasteiger partial charge is 0.479 e. The number of carboxylic acids is 1. The third-order valence-corrected chi connectivity index (χ3v) is 11.2. The number of hydrogen-bond donors (Lipinski definition) is 4. The molecule has 54 heavy (non-hydrogen) atoms. The van der Waals surface area contributed by atoms with E-state index in [-0.39, 0.29) is 53.0 Å². The van der Waals surface area contributed by atoms with Crippen LogP contribution in [0.3, 0.4) is 0 Å². The molecule has 14 nitrogen and oxygen atoms in total. The lowest BCUT2D eigenvalue weighted by atomic mass is 9.99. The van der Waals surface area contributed by atoms with Gasteiger partial charge in [-0.15, -0.1) is 13.2 Å². The van der Waals surface area contributed by atoms with Gasteiger partial charge in [0.15, 0.2) is 17.1 Å². The van der Waals surface area contributed by atoms with E-state index in [1.807, 2.05) is 0 Å². The van der Waals surface area contributed by atoms with Gasteiger partial charge in [-0.2, -0.15) is 0 Å². The van der Waals surface area contributed by atoms with E-state index in [9.17, 15) is 43.2 Å². The first-order chi connectivity index (χ1) is 25.8. The van der Waals surface area contributed by atoms with Gasteiger partial charge in [-0.1, -0.05) is 28.6 Å². The summed E-state index contributed by atoms with van der Waals surface area (Å²) < 4.78 is 81.8. The zero-order valence-corrected chi connectivity index (χ0v) is 28.8. The number of piperidine rings is 1. The standard InChI is InChI=1S/C35H33F4N3O11S/c36-21-9-15(32(48)51-33-28(45)26(43)27(44)30(50-33)31(46)47)10-23-25(21)40-34(54-23)42-16-7-8-17(42)12-18(11-16)49-13-20-24(41-53-29(20)14-5-6-14)19-3-1-2-4-22(19)52-35(37,38)39/h1-4,9-10,14,16-18,26-28,30,33,43-45H,5-8,11-13H2,(H,46,47)/t16-,17-,26-,27-,28+,30-,33-/m0/s1. The van der Waals surface area contributed by atoms with Crippen molar-refractivity contribution in [1.29, 1.82) is 0 Å². The van der Waals surface area contributed by atoms with E-state index < -0.39 is 60.6 Å². The fourth-order valence-electron chi connectivity index (χ4n) is 7.52. The van der Waals surface area contributed by atoms with Gasteiger partial charge < -0.3 is 48.8 Å². The quantitative estimate of drug-likeness (QED) is 0.129. The Hall–Kier alpha value is -4.40. The molecule has 4 aromatic rings. The summed E-state index contributed by atoms with van der Waals surface area (Å²) in [4.78, 5) is 31.1. The Morgan fingerprint density at radius 3 is 2.41 bits per heavy atom. The maximum Gasteiger partial charge on any atom is 0.573 e. The van der Waals surface area contributed by atoms with Crippen molar-refractivity contribution in [3.05, 3.63) is 59.1 Å². The second kappa shape index (κ2) is 14.0. The van der Waals surface area contributed by atoms with Crippen LogP contribution < -0.4 is 9.64 Å². The lowest BCUT2D eigenvalue weighted by Crippen LogP contribution is -2.60. The van der Waals surface area contributed by atoms with Crippen LogP contribution in [-0.4, -0.2) is 97.8 Å². The summed E-state index contributed by atoms with van der Waals surface area (Å²) >= 11 is 1.16. The van der Waals surface area contributed by atoms with Crippen LogP contribution in [0, 0.1) is 5.82 Å². The summed E-state index contributed by atoms with van der Waals surface area (Å²) in [6, 6.07) is 7.97. The van der Waals surface area contributed by atoms with Gasteiger partial charge in [-0.3, -0.25) is 0 Å². The van der Waals surface area contributed by atoms with Crippen molar-refractivity contribution < 1.29 is 71.0 Å². The number of nitrogens with zero attached hydrogens (tertiary/aromatic N) is 3. The number of hydrogen-bond acceptors (Lipinski definition) is 14. The third kappa shape index (κ3) is 6.99. The topological polar surface area (TPSA) is 194 Å². The second-order valence-corrected chi connectivity index (χ2v) is 14.8. The number of aromatic nitrogens is 2. The maximum absolute atomic E-state index is 15.4. The predicted octanol–water partition coefficient (Wildman–Crippen LogP) is 4.63. The molecular formula is C35H33F4N3O11S. The maximum atomic E-state index is 15.4. The van der Waals surface area contributed by atoms with Crippen LogP contribution in [0.2, 0.25) is 0 Å². The summed E-state index contributed by atoms with van der Waals surface area (Å²) in [6.07, 6.45) is -10.4. The number of carbonyl (C=O) groups excluding carboxylic acids is 1. The van der Waals surface area contributed by atoms with Crippen molar-refractivity contribution >= 4 is 38.6 Å². The van der Waals surface area contributed by atoms with Gasteiger partial charge >= 0.3 is 18.3 Å². The minimum atomic E-state index is -4.90. The van der Waals surface area contributed by atoms with E-state index in [0.717, 1.165) is 43.1 Å². The highest BCUT2D eigenvalue weighted by Crippen LogP contribution is 2.47. The number of aliphatic carboxylic acids is 1. The van der Waals surface area contributed by atoms with Gasteiger partial charge in [0.05, 0.1) is 23.0 Å². The molecule has 4 N–H and O–H groups in total. The zero-order valence-electron chi connectivity index (χ0n) is 28.0. The van der Waals surface area contributed by atoms with Gasteiger partial charge in [0.25, 0.3) is 0 Å². The van der Waals surface area contributed by atoms with Crippen LogP contribution in [0.25, 0.3) is 21.5 Å². The van der Waals surface area contributed by atoms with E-state index in [4.69, 9.17) is 18.7 Å². The van der Waals surface area contributed by atoms with E-state index in [1.165, 1.54) is 24.3 Å². The summed E-state index contributed by atoms with van der Waals surface area (Å²) in [6.45, 7) is 0.0692. The number of aliphatic hydroxyl groups is 3. The van der Waals surface area contributed by atoms with E-state index >= 15 is 4.39 Å². The molecule has 0 unspecified atom stereocenters. The van der Waals surface area contributed by atoms with Gasteiger partial charge in [0.1, 0.15) is 41.0 Å². The lowest BCUT2D eigenvalue weighted by molar-refractivity contribution is -0.278. The van der Waals surface area contributed by atoms with Crippen LogP contribution in [0.5, 0.6) is 5.75 Å². The van der Waals surface area contributed by atoms with E-state index in [1.54, 1.807) is 6.07 Å². The largest absolute Gasteiger partial charge is 0.573 e. The molecule has 288 valence electrons. The fourth-order valence-corrected chi connectivity index (χ4v) is 8.68. The number of rotatable bonds is 10. The minimum Gasteiger partial charge on any atom is -0.479 e. The Morgan fingerprint density at radius 2 is 1.72 bits per heavy atom. The second-order valence-electron chi connectivity index (χ2n) is 13.8. The van der Waals surface area contributed by atoms with Crippen LogP contribution in [0.1, 0.15) is 66.1 Å². The highest BCUT2D eigenvalue weighted by molar-refractivity contribution is 7.22. The number of aliphatic hydroxyl groups excluding tert-OH is 3. The first kappa shape index (κ1) is 36.6. The van der Waals surface area contributed by atoms with Crippen molar-refractivity contribution in [3.63, 3.8) is 0 Å². The zero-order chi connectivity index (χ0) is 38.1. The van der Waals surface area contributed by atoms with Crippen LogP contribution in [0.15, 0.2) is 40.9 Å². The lowest BCUT2D eigenvalue weighted by Gasteiger charge is -2.38. The molecule has 0 amide bonds. The van der Waals surface area contributed by atoms with Crippen LogP contribution >= 0.6 is 11.3 Å². The highest BCUT2D eigenvalue weighted by atomic mass is 32.1. The Morgan fingerprint density at radius 1 is 1.00 bits per heavy atom. The Bertz CT molecular complexity index is 2060. The highest BCUT2D eigenvalue weighted by Gasteiger charge is 2.49. The minimum absolute atomic E-state index is 0.0125. The molecule has 2 aromatic heterocycles. The number of anilines is 1. The van der Waals surface area contributed by atoms with Crippen molar-refractivity contribution in [2.24, 2.45) is 0 Å². The summed E-state index contributed by atoms with van der Waals surface area (Å²) in [5.74, 6) is -3.34. The molecule has 4 aliphatic rings. The summed E-state index contributed by atoms with van der Waals surface area (Å²) in [5, 5.41) is 44.1. The van der Waals surface area contributed by atoms with Crippen molar-refractivity contribution in [3.8, 4) is 17.0 Å². The first-order valence-corrected chi connectivity index (χ1v) is 18.0. The number of halogens is 4. The number of carbonyl (C=O) groups is 2. The molecule has 19 heteroatoms. The Labute approximate surface area is 306 Å². The fraction of sp³-hybridized carbons (Fsp3) is 0.486. The Balaban J connectivity index is 0.963. The molecule has 1 aliphatic carbocycles. The molecule has 0 spiro atoms. The van der Waals surface area contributed by atoms with E-state index in [2.05, 4.69) is 19.8 Å².